The second-order valence-corrected chi connectivity index (χ2v) is 7.43. The van der Waals surface area contributed by atoms with Crippen molar-refractivity contribution in [1.82, 2.24) is 5.01 Å². The summed E-state index contributed by atoms with van der Waals surface area (Å²) in [5.74, 6) is 1.06. The molecule has 1 atom stereocenters. The standard InChI is InChI=1S/C22H24N4O4/c1-13-8-16-9-19-20(30-12-29-19)10-18(16)22(24-26(13)14(2)27)15-4-6-17(7-5-15)25(3)21(28)11-23/h4-7,9-10,13H,8,11-12,23H2,1-3H3. The summed E-state index contributed by atoms with van der Waals surface area (Å²) in [5, 5.41) is 6.24. The third-order valence-electron chi connectivity index (χ3n) is 5.39. The maximum absolute atomic E-state index is 12.3. The molecule has 0 saturated carbocycles. The molecule has 2 heterocycles. The van der Waals surface area contributed by atoms with Gasteiger partial charge in [-0.3, -0.25) is 9.59 Å². The van der Waals surface area contributed by atoms with Gasteiger partial charge in [-0.1, -0.05) is 12.1 Å². The third-order valence-corrected chi connectivity index (χ3v) is 5.39. The highest BCUT2D eigenvalue weighted by Crippen LogP contribution is 2.37. The molecule has 156 valence electrons. The number of likely N-dealkylation sites (N-methyl/N-ethyl adjacent to an activating group) is 1. The molecule has 2 aliphatic rings. The van der Waals surface area contributed by atoms with Crippen molar-refractivity contribution in [3.8, 4) is 11.5 Å². The van der Waals surface area contributed by atoms with Crippen molar-refractivity contribution in [2.75, 3.05) is 25.3 Å². The number of carbonyl (C=O) groups excluding carboxylic acids is 2. The van der Waals surface area contributed by atoms with Crippen LogP contribution in [0.2, 0.25) is 0 Å². The van der Waals surface area contributed by atoms with Crippen LogP contribution < -0.4 is 20.1 Å². The average molecular weight is 408 g/mol. The van der Waals surface area contributed by atoms with Gasteiger partial charge in [0.2, 0.25) is 18.6 Å². The van der Waals surface area contributed by atoms with E-state index >= 15 is 0 Å². The molecule has 2 aromatic carbocycles. The summed E-state index contributed by atoms with van der Waals surface area (Å²) >= 11 is 0. The first-order chi connectivity index (χ1) is 14.4. The van der Waals surface area contributed by atoms with Gasteiger partial charge in [-0.25, -0.2) is 5.01 Å². The van der Waals surface area contributed by atoms with Crippen molar-refractivity contribution in [3.63, 3.8) is 0 Å². The molecule has 0 fully saturated rings. The van der Waals surface area contributed by atoms with E-state index in [1.165, 1.54) is 16.8 Å². The van der Waals surface area contributed by atoms with Crippen LogP contribution in [0, 0.1) is 0 Å². The minimum atomic E-state index is -0.177. The van der Waals surface area contributed by atoms with E-state index in [2.05, 4.69) is 0 Å². The van der Waals surface area contributed by atoms with Gasteiger partial charge in [-0.2, -0.15) is 5.10 Å². The fourth-order valence-electron chi connectivity index (χ4n) is 3.76. The van der Waals surface area contributed by atoms with Gasteiger partial charge >= 0.3 is 0 Å². The lowest BCUT2D eigenvalue weighted by molar-refractivity contribution is -0.130. The number of ether oxygens (including phenoxy) is 2. The number of rotatable bonds is 3. The second kappa shape index (κ2) is 7.79. The van der Waals surface area contributed by atoms with Gasteiger partial charge in [0.05, 0.1) is 18.3 Å². The molecular weight excluding hydrogens is 384 g/mol. The Bertz CT molecular complexity index is 1030. The molecule has 2 aromatic rings. The van der Waals surface area contributed by atoms with Crippen LogP contribution in [-0.4, -0.2) is 49.0 Å². The molecule has 0 radical (unpaired) electrons. The minimum absolute atomic E-state index is 0.0586. The van der Waals surface area contributed by atoms with Crippen molar-refractivity contribution in [3.05, 3.63) is 53.1 Å². The molecule has 0 aliphatic carbocycles. The van der Waals surface area contributed by atoms with Gasteiger partial charge in [0, 0.05) is 30.8 Å². The lowest BCUT2D eigenvalue weighted by Gasteiger charge is -2.21. The lowest BCUT2D eigenvalue weighted by atomic mass is 9.94. The number of amides is 2. The molecule has 0 bridgehead atoms. The van der Waals surface area contributed by atoms with Crippen LogP contribution in [0.15, 0.2) is 41.5 Å². The van der Waals surface area contributed by atoms with Crippen LogP contribution in [0.3, 0.4) is 0 Å². The molecule has 0 aromatic heterocycles. The Morgan fingerprint density at radius 2 is 1.87 bits per heavy atom. The van der Waals surface area contributed by atoms with Crippen LogP contribution in [0.25, 0.3) is 0 Å². The zero-order chi connectivity index (χ0) is 21.4. The van der Waals surface area contributed by atoms with Crippen molar-refractivity contribution in [2.24, 2.45) is 10.8 Å². The average Bonchev–Trinajstić information content (AvgIpc) is 3.14. The number of benzene rings is 2. The maximum Gasteiger partial charge on any atom is 0.240 e. The van der Waals surface area contributed by atoms with E-state index in [0.717, 1.165) is 22.4 Å². The van der Waals surface area contributed by atoms with Gasteiger partial charge < -0.3 is 20.1 Å². The first-order valence-electron chi connectivity index (χ1n) is 9.77. The Morgan fingerprint density at radius 1 is 1.20 bits per heavy atom. The van der Waals surface area contributed by atoms with Crippen molar-refractivity contribution >= 4 is 23.2 Å². The van der Waals surface area contributed by atoms with E-state index in [4.69, 9.17) is 20.3 Å². The molecule has 8 heteroatoms. The van der Waals surface area contributed by atoms with Crippen LogP contribution in [-0.2, 0) is 16.0 Å². The van der Waals surface area contributed by atoms with Gasteiger partial charge in [-0.15, -0.1) is 0 Å². The predicted octanol–water partition coefficient (Wildman–Crippen LogP) is 1.88. The summed E-state index contributed by atoms with van der Waals surface area (Å²) in [6, 6.07) is 11.2. The number of hydrogen-bond donors (Lipinski definition) is 1. The van der Waals surface area contributed by atoms with E-state index in [1.807, 2.05) is 43.3 Å². The minimum Gasteiger partial charge on any atom is -0.454 e. The molecule has 2 amide bonds. The highest BCUT2D eigenvalue weighted by molar-refractivity contribution is 6.14. The summed E-state index contributed by atoms with van der Waals surface area (Å²) in [6.45, 7) is 3.61. The Morgan fingerprint density at radius 3 is 2.50 bits per heavy atom. The second-order valence-electron chi connectivity index (χ2n) is 7.43. The summed E-state index contributed by atoms with van der Waals surface area (Å²) < 4.78 is 11.1. The number of anilines is 1. The number of nitrogens with two attached hydrogens (primary N) is 1. The molecule has 0 saturated heterocycles. The first-order valence-corrected chi connectivity index (χ1v) is 9.77. The summed E-state index contributed by atoms with van der Waals surface area (Å²) in [5.41, 5.74) is 9.62. The summed E-state index contributed by atoms with van der Waals surface area (Å²) in [6.07, 6.45) is 0.643. The quantitative estimate of drug-likeness (QED) is 0.836. The van der Waals surface area contributed by atoms with Gasteiger partial charge in [0.15, 0.2) is 11.5 Å². The van der Waals surface area contributed by atoms with E-state index in [-0.39, 0.29) is 31.2 Å². The topological polar surface area (TPSA) is 97.5 Å². The van der Waals surface area contributed by atoms with Crippen LogP contribution in [0.4, 0.5) is 5.69 Å². The van der Waals surface area contributed by atoms with E-state index in [0.29, 0.717) is 23.6 Å². The van der Waals surface area contributed by atoms with Gasteiger partial charge in [-0.05, 0) is 43.2 Å². The summed E-state index contributed by atoms with van der Waals surface area (Å²) in [7, 11) is 1.68. The molecule has 2 N–H and O–H groups in total. The lowest BCUT2D eigenvalue weighted by Crippen LogP contribution is -2.33. The molecule has 30 heavy (non-hydrogen) atoms. The third kappa shape index (κ3) is 3.50. The smallest absolute Gasteiger partial charge is 0.240 e. The normalized spacial score (nSPS) is 17.1. The number of nitrogens with zero attached hydrogens (tertiary/aromatic N) is 3. The molecule has 8 nitrogen and oxygen atoms in total. The molecule has 4 rings (SSSR count). The van der Waals surface area contributed by atoms with Gasteiger partial charge in [0.1, 0.15) is 0 Å². The van der Waals surface area contributed by atoms with Crippen molar-refractivity contribution < 1.29 is 19.1 Å². The number of hydrazone groups is 1. The maximum atomic E-state index is 12.3. The molecule has 0 spiro atoms. The van der Waals surface area contributed by atoms with Crippen LogP contribution in [0.5, 0.6) is 11.5 Å². The van der Waals surface area contributed by atoms with E-state index < -0.39 is 0 Å². The van der Waals surface area contributed by atoms with E-state index in [9.17, 15) is 9.59 Å². The highest BCUT2D eigenvalue weighted by atomic mass is 16.7. The molecular formula is C22H24N4O4. The van der Waals surface area contributed by atoms with Crippen LogP contribution in [0.1, 0.15) is 30.5 Å². The molecule has 2 aliphatic heterocycles. The first kappa shape index (κ1) is 19.9. The monoisotopic (exact) mass is 408 g/mol. The Kier molecular flexibility index (Phi) is 5.17. The number of carbonyl (C=O) groups is 2. The number of hydrogen-bond acceptors (Lipinski definition) is 6. The van der Waals surface area contributed by atoms with E-state index in [1.54, 1.807) is 7.05 Å². The van der Waals surface area contributed by atoms with Gasteiger partial charge in [0.25, 0.3) is 0 Å². The fraction of sp³-hybridized carbons (Fsp3) is 0.318. The fourth-order valence-corrected chi connectivity index (χ4v) is 3.76. The predicted molar refractivity (Wildman–Crippen MR) is 113 cm³/mol. The van der Waals surface area contributed by atoms with Crippen molar-refractivity contribution in [2.45, 2.75) is 26.3 Å². The van der Waals surface area contributed by atoms with Crippen molar-refractivity contribution in [1.29, 1.82) is 0 Å². The Labute approximate surface area is 174 Å². The zero-order valence-electron chi connectivity index (χ0n) is 17.2. The SMILES string of the molecule is CC(=O)N1N=C(c2ccc(N(C)C(=O)CN)cc2)c2cc3c(cc2CC1C)OCO3. The highest BCUT2D eigenvalue weighted by Gasteiger charge is 2.28. The van der Waals surface area contributed by atoms with Crippen LogP contribution >= 0.6 is 0 Å². The molecule has 1 unspecified atom stereocenters. The largest absolute Gasteiger partial charge is 0.454 e. The Balaban J connectivity index is 1.81. The summed E-state index contributed by atoms with van der Waals surface area (Å²) in [4.78, 5) is 25.6. The Hall–Kier alpha value is -3.39. The zero-order valence-corrected chi connectivity index (χ0v) is 17.2. The number of fused-ring (bicyclic) bond motifs is 2.